The Labute approximate surface area is 242 Å². The fraction of sp³-hybridized carbons (Fsp3) is 0.323. The van der Waals surface area contributed by atoms with Crippen LogP contribution < -0.4 is 25.8 Å². The lowest BCUT2D eigenvalue weighted by Gasteiger charge is -2.24. The van der Waals surface area contributed by atoms with Gasteiger partial charge >= 0.3 is 0 Å². The van der Waals surface area contributed by atoms with Crippen LogP contribution in [-0.4, -0.2) is 46.7 Å². The molecule has 42 heavy (non-hydrogen) atoms. The average Bonchev–Trinajstić information content (AvgIpc) is 3.65. The molecule has 3 aliphatic rings. The number of nitrogens with two attached hydrogens (primary N) is 2. The van der Waals surface area contributed by atoms with Gasteiger partial charge in [-0.25, -0.2) is 0 Å². The van der Waals surface area contributed by atoms with Crippen molar-refractivity contribution in [3.63, 3.8) is 0 Å². The number of carbonyl (C=O) groups is 4. The Morgan fingerprint density at radius 3 is 2.43 bits per heavy atom. The summed E-state index contributed by atoms with van der Waals surface area (Å²) in [7, 11) is 1.59. The lowest BCUT2D eigenvalue weighted by atomic mass is 10.0. The van der Waals surface area contributed by atoms with Crippen LogP contribution in [0.5, 0.6) is 11.5 Å². The number of benzene rings is 2. The normalized spacial score (nSPS) is 18.8. The smallest absolute Gasteiger partial charge is 0.263 e. The van der Waals surface area contributed by atoms with Crippen molar-refractivity contribution < 1.29 is 28.7 Å². The third-order valence-electron chi connectivity index (χ3n) is 8.27. The molecule has 1 saturated carbocycles. The van der Waals surface area contributed by atoms with Crippen LogP contribution in [0.2, 0.25) is 0 Å². The Hall–Kier alpha value is -4.77. The topological polar surface area (TPSA) is 158 Å². The Kier molecular flexibility index (Phi) is 6.90. The van der Waals surface area contributed by atoms with Gasteiger partial charge in [-0.15, -0.1) is 0 Å². The van der Waals surface area contributed by atoms with Gasteiger partial charge in [-0.3, -0.25) is 29.1 Å². The molecule has 2 unspecified atom stereocenters. The summed E-state index contributed by atoms with van der Waals surface area (Å²) in [6.07, 6.45) is 5.62. The minimum Gasteiger partial charge on any atom is -0.493 e. The van der Waals surface area contributed by atoms with E-state index in [0.717, 1.165) is 36.1 Å². The van der Waals surface area contributed by atoms with E-state index in [9.17, 15) is 19.2 Å². The molecule has 216 valence electrons. The molecule has 3 heterocycles. The van der Waals surface area contributed by atoms with E-state index in [1.165, 1.54) is 12.3 Å². The fourth-order valence-electron chi connectivity index (χ4n) is 5.97. The van der Waals surface area contributed by atoms with E-state index < -0.39 is 23.8 Å². The number of hydrogen-bond donors (Lipinski definition) is 2. The van der Waals surface area contributed by atoms with E-state index in [1.807, 2.05) is 37.3 Å². The summed E-state index contributed by atoms with van der Waals surface area (Å²) in [4.78, 5) is 58.3. The van der Waals surface area contributed by atoms with Crippen LogP contribution in [0.1, 0.15) is 92.6 Å². The van der Waals surface area contributed by atoms with Crippen LogP contribution in [0.3, 0.4) is 0 Å². The number of ether oxygens (including phenoxy) is 2. The molecule has 11 heteroatoms. The van der Waals surface area contributed by atoms with E-state index in [1.54, 1.807) is 18.1 Å². The molecule has 4 N–H and O–H groups in total. The molecule has 1 aliphatic carbocycles. The first-order chi connectivity index (χ1) is 20.2. The number of anilines is 1. The van der Waals surface area contributed by atoms with Gasteiger partial charge in [-0.1, -0.05) is 12.1 Å². The molecule has 4 amide bonds. The number of primary amides is 1. The van der Waals surface area contributed by atoms with Crippen LogP contribution in [0.4, 0.5) is 5.69 Å². The fourth-order valence-corrected chi connectivity index (χ4v) is 5.97. The largest absolute Gasteiger partial charge is 0.493 e. The molecular formula is C31H31N5O6. The predicted molar refractivity (Wildman–Crippen MR) is 152 cm³/mol. The molecule has 2 atom stereocenters. The predicted octanol–water partition coefficient (Wildman–Crippen LogP) is 3.41. The van der Waals surface area contributed by atoms with E-state index in [4.69, 9.17) is 20.9 Å². The van der Waals surface area contributed by atoms with Gasteiger partial charge in [0.05, 0.1) is 42.6 Å². The van der Waals surface area contributed by atoms with Crippen molar-refractivity contribution in [1.82, 2.24) is 9.88 Å². The summed E-state index contributed by atoms with van der Waals surface area (Å²) in [6, 6.07) is 10.8. The van der Waals surface area contributed by atoms with Crippen LogP contribution in [0.15, 0.2) is 48.7 Å². The van der Waals surface area contributed by atoms with E-state index in [0.29, 0.717) is 28.3 Å². The summed E-state index contributed by atoms with van der Waals surface area (Å²) >= 11 is 0. The van der Waals surface area contributed by atoms with Crippen molar-refractivity contribution in [3.8, 4) is 11.5 Å². The number of methoxy groups -OCH3 is 1. The molecule has 3 aromatic rings. The van der Waals surface area contributed by atoms with Crippen molar-refractivity contribution in [2.75, 3.05) is 12.0 Å². The highest BCUT2D eigenvalue weighted by Gasteiger charge is 2.39. The SMILES string of the molecule is COc1ccc(N2C(=O)c3cc(CN4C(=O)c5cnc(C(N)C(N)=O)cc5C4=O)ccc3C2C)cc1OC1CCCC1. The average molecular weight is 570 g/mol. The van der Waals surface area contributed by atoms with Crippen LogP contribution in [0.25, 0.3) is 0 Å². The van der Waals surface area contributed by atoms with Crippen LogP contribution >= 0.6 is 0 Å². The summed E-state index contributed by atoms with van der Waals surface area (Å²) < 4.78 is 11.8. The zero-order valence-electron chi connectivity index (χ0n) is 23.3. The highest BCUT2D eigenvalue weighted by Crippen LogP contribution is 2.42. The standard InChI is InChI=1S/C31H31N5O6/c1-16-20-9-7-17(15-35-29(38)22-13-24(27(32)28(33)37)34-14-23(22)30(35)39)11-21(20)31(40)36(16)18-8-10-25(41-2)26(12-18)42-19-5-3-4-6-19/h7-14,16,19,27H,3-6,15,32H2,1-2H3,(H2,33,37). The molecule has 0 radical (unpaired) electrons. The van der Waals surface area contributed by atoms with E-state index >= 15 is 0 Å². The number of rotatable bonds is 8. The molecule has 0 saturated heterocycles. The number of aromatic nitrogens is 1. The second-order valence-corrected chi connectivity index (χ2v) is 10.9. The third-order valence-corrected chi connectivity index (χ3v) is 8.27. The number of hydrogen-bond acceptors (Lipinski definition) is 8. The lowest BCUT2D eigenvalue weighted by Crippen LogP contribution is -2.29. The molecule has 1 aromatic heterocycles. The quantitative estimate of drug-likeness (QED) is 0.391. The van der Waals surface area contributed by atoms with Gasteiger partial charge in [0, 0.05) is 23.5 Å². The van der Waals surface area contributed by atoms with Crippen LogP contribution in [-0.2, 0) is 11.3 Å². The molecule has 0 bridgehead atoms. The molecular weight excluding hydrogens is 538 g/mol. The highest BCUT2D eigenvalue weighted by molar-refractivity contribution is 6.21. The molecule has 2 aliphatic heterocycles. The summed E-state index contributed by atoms with van der Waals surface area (Å²) in [5, 5.41) is 0. The van der Waals surface area contributed by atoms with Gasteiger partial charge in [-0.05, 0) is 68.0 Å². The first kappa shape index (κ1) is 27.4. The second kappa shape index (κ2) is 10.6. The molecule has 6 rings (SSSR count). The van der Waals surface area contributed by atoms with Crippen LogP contribution in [0, 0.1) is 0 Å². The Bertz CT molecular complexity index is 1630. The Morgan fingerprint density at radius 2 is 1.71 bits per heavy atom. The van der Waals surface area contributed by atoms with Gasteiger partial charge in [0.1, 0.15) is 6.04 Å². The van der Waals surface area contributed by atoms with Gasteiger partial charge in [0.15, 0.2) is 11.5 Å². The zero-order valence-corrected chi connectivity index (χ0v) is 23.3. The molecule has 1 fully saturated rings. The molecule has 11 nitrogen and oxygen atoms in total. The first-order valence-corrected chi connectivity index (χ1v) is 13.9. The van der Waals surface area contributed by atoms with Crippen molar-refractivity contribution in [2.24, 2.45) is 11.5 Å². The minimum atomic E-state index is -1.20. The number of imide groups is 1. The summed E-state index contributed by atoms with van der Waals surface area (Å²) in [5.41, 5.74) is 14.0. The minimum absolute atomic E-state index is 0.0413. The highest BCUT2D eigenvalue weighted by atomic mass is 16.5. The zero-order chi connectivity index (χ0) is 29.7. The monoisotopic (exact) mass is 569 g/mol. The number of carbonyl (C=O) groups excluding carboxylic acids is 4. The van der Waals surface area contributed by atoms with Gasteiger partial charge in [0.2, 0.25) is 5.91 Å². The summed E-state index contributed by atoms with van der Waals surface area (Å²) in [6.45, 7) is 1.91. The van der Waals surface area contributed by atoms with Gasteiger partial charge in [-0.2, -0.15) is 0 Å². The van der Waals surface area contributed by atoms with Crippen molar-refractivity contribution in [3.05, 3.63) is 82.2 Å². The van der Waals surface area contributed by atoms with Gasteiger partial charge < -0.3 is 25.8 Å². The van der Waals surface area contributed by atoms with Crippen molar-refractivity contribution in [2.45, 2.75) is 57.3 Å². The van der Waals surface area contributed by atoms with Crippen molar-refractivity contribution in [1.29, 1.82) is 0 Å². The van der Waals surface area contributed by atoms with Crippen molar-refractivity contribution >= 4 is 29.3 Å². The molecule has 0 spiro atoms. The number of pyridine rings is 1. The van der Waals surface area contributed by atoms with E-state index in [2.05, 4.69) is 4.98 Å². The maximum Gasteiger partial charge on any atom is 0.263 e. The van der Waals surface area contributed by atoms with Gasteiger partial charge in [0.25, 0.3) is 17.7 Å². The second-order valence-electron chi connectivity index (χ2n) is 10.9. The maximum atomic E-state index is 13.7. The third kappa shape index (κ3) is 4.55. The Morgan fingerprint density at radius 1 is 0.976 bits per heavy atom. The summed E-state index contributed by atoms with van der Waals surface area (Å²) in [5.74, 6) is -0.813. The Balaban J connectivity index is 1.24. The number of fused-ring (bicyclic) bond motifs is 2. The lowest BCUT2D eigenvalue weighted by molar-refractivity contribution is -0.119. The first-order valence-electron chi connectivity index (χ1n) is 13.9. The van der Waals surface area contributed by atoms with E-state index in [-0.39, 0.29) is 41.4 Å². The molecule has 2 aromatic carbocycles. The number of nitrogens with zero attached hydrogens (tertiary/aromatic N) is 3. The number of amides is 4. The maximum absolute atomic E-state index is 13.7.